The Morgan fingerprint density at radius 1 is 0.412 bits per heavy atom. The first-order chi connectivity index (χ1) is 33.2. The third-order valence-corrected chi connectivity index (χ3v) is 9.08. The highest BCUT2D eigenvalue weighted by atomic mass is 16.3. The largest absolute Gasteiger partial charge is 0.454 e. The Morgan fingerprint density at radius 3 is 1.73 bits per heavy atom. The first-order valence-corrected chi connectivity index (χ1v) is 15.9. The van der Waals surface area contributed by atoms with Crippen LogP contribution in [0.2, 0.25) is 0 Å². The van der Waals surface area contributed by atoms with E-state index in [-0.39, 0.29) is 33.1 Å². The summed E-state index contributed by atoms with van der Waals surface area (Å²) in [6.07, 6.45) is 0. The number of aromatic nitrogens is 2. The molecule has 11 rings (SSSR count). The van der Waals surface area contributed by atoms with Crippen LogP contribution in [0.1, 0.15) is 26.0 Å². The molecule has 0 spiro atoms. The van der Waals surface area contributed by atoms with Crippen LogP contribution in [0.4, 0.5) is 0 Å². The SMILES string of the molecule is [2H]c1c([2H])c([2H])c(-n2c3c([2H])c([2H])c([2H])c([2H])c3c3c([2H])c([2H])c(-c4c([2H])c([2H])c5c6c([2H])c([2H])c([2H])c([2H])c6n(-c6cc(-c7ccccc7)cc7c6oc6ccccc67)c5c4[2H])c([2H])c32)c([2H])c1[2H]. The molecule has 0 aliphatic heterocycles. The van der Waals surface area contributed by atoms with E-state index in [2.05, 4.69) is 0 Å². The molecule has 0 aliphatic rings. The van der Waals surface area contributed by atoms with Crippen molar-refractivity contribution in [1.82, 2.24) is 9.13 Å². The van der Waals surface area contributed by atoms with Gasteiger partial charge in [0.05, 0.1) is 53.8 Å². The van der Waals surface area contributed by atoms with Crippen molar-refractivity contribution >= 4 is 65.6 Å². The second-order valence-electron chi connectivity index (χ2n) is 11.9. The molecule has 3 heteroatoms. The third kappa shape index (κ3) is 4.19. The van der Waals surface area contributed by atoms with Crippen molar-refractivity contribution in [3.8, 4) is 33.6 Å². The molecule has 0 atom stereocenters. The lowest BCUT2D eigenvalue weighted by Gasteiger charge is -2.13. The van der Waals surface area contributed by atoms with E-state index in [4.69, 9.17) is 19.5 Å². The zero-order valence-electron chi connectivity index (χ0n) is 45.2. The maximum absolute atomic E-state index is 10.1. The van der Waals surface area contributed by atoms with E-state index in [1.165, 1.54) is 4.57 Å². The van der Waals surface area contributed by atoms with Crippen molar-refractivity contribution in [2.75, 3.05) is 0 Å². The van der Waals surface area contributed by atoms with Crippen molar-refractivity contribution in [1.29, 1.82) is 0 Å². The molecule has 3 aromatic heterocycles. The van der Waals surface area contributed by atoms with E-state index in [1.54, 1.807) is 18.2 Å². The van der Waals surface area contributed by atoms with Crippen LogP contribution in [0.3, 0.4) is 0 Å². The maximum Gasteiger partial charge on any atom is 0.159 e. The minimum absolute atomic E-state index is 0.160. The maximum atomic E-state index is 10.1. The summed E-state index contributed by atoms with van der Waals surface area (Å²) in [5, 5.41) is -0.0357. The predicted molar refractivity (Wildman–Crippen MR) is 213 cm³/mol. The van der Waals surface area contributed by atoms with Gasteiger partial charge in [-0.15, -0.1) is 0 Å². The lowest BCUT2D eigenvalue weighted by atomic mass is 10.0. The fourth-order valence-electron chi connectivity index (χ4n) is 6.86. The Bertz CT molecular complexity index is 4200. The minimum Gasteiger partial charge on any atom is -0.454 e. The molecule has 0 N–H and O–H groups in total. The first-order valence-electron chi connectivity index (χ1n) is 25.4. The fourth-order valence-corrected chi connectivity index (χ4v) is 6.86. The number of fused-ring (bicyclic) bond motifs is 9. The zero-order chi connectivity index (χ0) is 50.0. The average Bonchev–Trinajstić information content (AvgIpc) is 4.04. The topological polar surface area (TPSA) is 23.0 Å². The summed E-state index contributed by atoms with van der Waals surface area (Å²) in [7, 11) is 0. The quantitative estimate of drug-likeness (QED) is 0.183. The number of nitrogens with zero attached hydrogens (tertiary/aromatic N) is 2. The van der Waals surface area contributed by atoms with E-state index in [1.807, 2.05) is 48.5 Å². The van der Waals surface area contributed by atoms with Gasteiger partial charge in [0, 0.05) is 38.0 Å². The highest BCUT2D eigenvalue weighted by Crippen LogP contribution is 2.42. The van der Waals surface area contributed by atoms with Gasteiger partial charge >= 0.3 is 0 Å². The van der Waals surface area contributed by atoms with Crippen LogP contribution in [0, 0.1) is 0 Å². The minimum atomic E-state index is -0.837. The van der Waals surface area contributed by atoms with Gasteiger partial charge < -0.3 is 13.6 Å². The van der Waals surface area contributed by atoms with Crippen molar-refractivity contribution in [3.63, 3.8) is 0 Å². The third-order valence-electron chi connectivity index (χ3n) is 9.08. The van der Waals surface area contributed by atoms with Crippen molar-refractivity contribution in [3.05, 3.63) is 182 Å². The van der Waals surface area contributed by atoms with Gasteiger partial charge in [-0.1, -0.05) is 127 Å². The number of furan rings is 1. The average molecular weight is 670 g/mol. The van der Waals surface area contributed by atoms with Gasteiger partial charge in [-0.25, -0.2) is 0 Å². The van der Waals surface area contributed by atoms with Crippen LogP contribution < -0.4 is 0 Å². The Kier molecular flexibility index (Phi) is 3.26. The van der Waals surface area contributed by atoms with Gasteiger partial charge in [0.25, 0.3) is 0 Å². The summed E-state index contributed by atoms with van der Waals surface area (Å²) in [6.45, 7) is 0. The Hall–Kier alpha value is -6.84. The van der Waals surface area contributed by atoms with Crippen molar-refractivity contribution in [2.24, 2.45) is 0 Å². The van der Waals surface area contributed by atoms with E-state index in [0.29, 0.717) is 21.9 Å². The number of hydrogen-bond acceptors (Lipinski definition) is 1. The van der Waals surface area contributed by atoms with Gasteiger partial charge in [0.1, 0.15) is 5.58 Å². The van der Waals surface area contributed by atoms with E-state index in [0.717, 1.165) is 10.1 Å². The summed E-state index contributed by atoms with van der Waals surface area (Å²) < 4.78 is 182. The Morgan fingerprint density at radius 2 is 1.00 bits per heavy atom. The number of rotatable bonds is 4. The van der Waals surface area contributed by atoms with Gasteiger partial charge in [-0.3, -0.25) is 0 Å². The molecule has 0 saturated heterocycles. The number of benzene rings is 8. The number of para-hydroxylation sites is 4. The van der Waals surface area contributed by atoms with Crippen molar-refractivity contribution < 1.29 is 30.5 Å². The second kappa shape index (κ2) is 10.8. The van der Waals surface area contributed by atoms with Gasteiger partial charge in [0.2, 0.25) is 0 Å². The molecule has 0 bridgehead atoms. The molecule has 0 unspecified atom stereocenters. The lowest BCUT2D eigenvalue weighted by Crippen LogP contribution is -1.96. The summed E-state index contributed by atoms with van der Waals surface area (Å²) >= 11 is 0. The molecule has 0 aliphatic carbocycles. The Labute approximate surface area is 320 Å². The van der Waals surface area contributed by atoms with Crippen LogP contribution in [0.15, 0.2) is 186 Å². The molecular weight excluding hydrogens is 621 g/mol. The molecule has 0 fully saturated rings. The predicted octanol–water partition coefficient (Wildman–Crippen LogP) is 13.1. The van der Waals surface area contributed by atoms with Crippen molar-refractivity contribution in [2.45, 2.75) is 0 Å². The standard InChI is InChI=1S/C48H30N2O/c1-3-13-31(14-4-1)34-27-41-40-19-9-12-22-47(40)51-48(41)46(30-34)50-43-21-11-8-18-37(43)39-26-24-33(29-45(39)50)32-23-25-38-36-17-7-10-20-42(36)49(44(38)28-32)35-15-5-2-6-16-35/h1-30H/i2D,5D,6D,7D,8D,10D,11D,15D,16D,17D,18D,20D,21D,23D,24D,25D,26D,28D,29D. The summed E-state index contributed by atoms with van der Waals surface area (Å²) in [4.78, 5) is 0. The molecule has 8 aromatic carbocycles. The van der Waals surface area contributed by atoms with Crippen LogP contribution >= 0.6 is 0 Å². The summed E-state index contributed by atoms with van der Waals surface area (Å²) in [6, 6.07) is 5.80. The molecule has 0 radical (unpaired) electrons. The van der Waals surface area contributed by atoms with Gasteiger partial charge in [-0.05, 0) is 76.7 Å². The molecular formula is C48H30N2O. The highest BCUT2D eigenvalue weighted by Gasteiger charge is 2.20. The molecule has 0 saturated carbocycles. The molecule has 0 amide bonds. The van der Waals surface area contributed by atoms with Crippen LogP contribution in [-0.2, 0) is 0 Å². The second-order valence-corrected chi connectivity index (χ2v) is 11.9. The van der Waals surface area contributed by atoms with E-state index >= 15 is 0 Å². The van der Waals surface area contributed by atoms with E-state index in [9.17, 15) is 11.0 Å². The summed E-state index contributed by atoms with van der Waals surface area (Å²) in [5.74, 6) is 0. The van der Waals surface area contributed by atoms with Crippen LogP contribution in [-0.4, -0.2) is 9.13 Å². The zero-order valence-corrected chi connectivity index (χ0v) is 26.2. The molecule has 51 heavy (non-hydrogen) atoms. The summed E-state index contributed by atoms with van der Waals surface area (Å²) in [5.41, 5.74) is -1.15. The smallest absolute Gasteiger partial charge is 0.159 e. The van der Waals surface area contributed by atoms with Gasteiger partial charge in [-0.2, -0.15) is 0 Å². The first kappa shape index (κ1) is 15.4. The molecule has 3 heterocycles. The van der Waals surface area contributed by atoms with Crippen LogP contribution in [0.5, 0.6) is 0 Å². The van der Waals surface area contributed by atoms with Gasteiger partial charge in [0.15, 0.2) is 5.58 Å². The molecule has 238 valence electrons. The monoisotopic (exact) mass is 669 g/mol. The highest BCUT2D eigenvalue weighted by molar-refractivity contribution is 6.15. The lowest BCUT2D eigenvalue weighted by molar-refractivity contribution is 0.666. The normalized spacial score (nSPS) is 17.1. The molecule has 3 nitrogen and oxygen atoms in total. The Balaban J connectivity index is 1.38. The number of hydrogen-bond donors (Lipinski definition) is 0. The van der Waals surface area contributed by atoms with Crippen LogP contribution in [0.25, 0.3) is 99.2 Å². The molecule has 11 aromatic rings. The fraction of sp³-hybridized carbons (Fsp3) is 0. The van der Waals surface area contributed by atoms with E-state index < -0.39 is 153 Å².